The second-order valence-corrected chi connectivity index (χ2v) is 5.45. The van der Waals surface area contributed by atoms with E-state index in [4.69, 9.17) is 5.73 Å². The second-order valence-electron chi connectivity index (χ2n) is 5.45. The van der Waals surface area contributed by atoms with Gasteiger partial charge in [0.1, 0.15) is 0 Å². The van der Waals surface area contributed by atoms with Gasteiger partial charge >= 0.3 is 0 Å². The molecule has 0 unspecified atom stereocenters. The third kappa shape index (κ3) is 3.34. The number of hydrogen-bond donors (Lipinski definition) is 1. The zero-order chi connectivity index (χ0) is 12.2. The molecule has 0 aromatic rings. The molecule has 0 bridgehead atoms. The molecule has 0 saturated carbocycles. The Kier molecular flexibility index (Phi) is 4.55. The van der Waals surface area contributed by atoms with Gasteiger partial charge in [0.05, 0.1) is 0 Å². The van der Waals surface area contributed by atoms with Crippen LogP contribution in [0.3, 0.4) is 0 Å². The highest BCUT2D eigenvalue weighted by molar-refractivity contribution is 5.35. The molecule has 0 atom stereocenters. The van der Waals surface area contributed by atoms with Crippen LogP contribution in [0, 0.1) is 5.41 Å². The Morgan fingerprint density at radius 2 is 2.12 bits per heavy atom. The molecule has 1 aliphatic rings. The molecule has 1 rings (SSSR count). The van der Waals surface area contributed by atoms with Gasteiger partial charge < -0.3 is 5.73 Å². The summed E-state index contributed by atoms with van der Waals surface area (Å²) in [6.07, 6.45) is 10.4. The highest BCUT2D eigenvalue weighted by Gasteiger charge is 2.26. The van der Waals surface area contributed by atoms with Gasteiger partial charge in [-0.2, -0.15) is 0 Å². The number of hydrogen-bond acceptors (Lipinski definition) is 1. The molecule has 0 spiro atoms. The van der Waals surface area contributed by atoms with E-state index in [1.54, 1.807) is 5.57 Å². The van der Waals surface area contributed by atoms with E-state index >= 15 is 0 Å². The van der Waals surface area contributed by atoms with Crippen LogP contribution in [0.5, 0.6) is 0 Å². The minimum atomic E-state index is 0.335. The van der Waals surface area contributed by atoms with Crippen molar-refractivity contribution < 1.29 is 0 Å². The van der Waals surface area contributed by atoms with E-state index in [2.05, 4.69) is 45.9 Å². The zero-order valence-electron chi connectivity index (χ0n) is 11.1. The Hall–Kier alpha value is -0.820. The van der Waals surface area contributed by atoms with Crippen molar-refractivity contribution in [1.82, 2.24) is 0 Å². The molecule has 1 heteroatoms. The molecule has 0 aromatic heterocycles. The summed E-state index contributed by atoms with van der Waals surface area (Å²) in [4.78, 5) is 0. The predicted molar refractivity (Wildman–Crippen MR) is 72.3 cm³/mol. The normalized spacial score (nSPS) is 21.9. The molecule has 0 fully saturated rings. The molecule has 16 heavy (non-hydrogen) atoms. The third-order valence-electron chi connectivity index (χ3n) is 3.50. The van der Waals surface area contributed by atoms with Gasteiger partial charge in [-0.25, -0.2) is 0 Å². The van der Waals surface area contributed by atoms with Crippen molar-refractivity contribution in [3.63, 3.8) is 0 Å². The smallest absolute Gasteiger partial charge is 0.0112 e. The number of nitrogens with two attached hydrogens (primary N) is 1. The van der Waals surface area contributed by atoms with Crippen LogP contribution < -0.4 is 5.73 Å². The molecule has 0 amide bonds. The first-order valence-corrected chi connectivity index (χ1v) is 6.22. The summed E-state index contributed by atoms with van der Waals surface area (Å²) in [6, 6.07) is 0. The van der Waals surface area contributed by atoms with Crippen LogP contribution >= 0.6 is 0 Å². The summed E-state index contributed by atoms with van der Waals surface area (Å²) in [7, 11) is 0. The summed E-state index contributed by atoms with van der Waals surface area (Å²) in [5.41, 5.74) is 10.2. The SMILES string of the molecule is CC(C=CC1=C(C)CCCC1(C)C)=CCN. The maximum Gasteiger partial charge on any atom is 0.0112 e. The second kappa shape index (κ2) is 5.49. The first kappa shape index (κ1) is 13.2. The molecule has 0 aliphatic heterocycles. The maximum absolute atomic E-state index is 5.50. The van der Waals surface area contributed by atoms with Gasteiger partial charge in [-0.1, -0.05) is 43.2 Å². The van der Waals surface area contributed by atoms with Gasteiger partial charge in [0.2, 0.25) is 0 Å². The van der Waals surface area contributed by atoms with E-state index in [0.29, 0.717) is 12.0 Å². The van der Waals surface area contributed by atoms with Crippen molar-refractivity contribution in [1.29, 1.82) is 0 Å². The van der Waals surface area contributed by atoms with Crippen LogP contribution in [0.25, 0.3) is 0 Å². The molecule has 0 saturated heterocycles. The van der Waals surface area contributed by atoms with Gasteiger partial charge in [-0.3, -0.25) is 0 Å². The molecular formula is C15H25N. The van der Waals surface area contributed by atoms with Crippen molar-refractivity contribution in [2.45, 2.75) is 47.0 Å². The van der Waals surface area contributed by atoms with Crippen molar-refractivity contribution in [3.8, 4) is 0 Å². The monoisotopic (exact) mass is 219 g/mol. The summed E-state index contributed by atoms with van der Waals surface area (Å²) >= 11 is 0. The van der Waals surface area contributed by atoms with Gasteiger partial charge in [0.25, 0.3) is 0 Å². The van der Waals surface area contributed by atoms with E-state index in [1.165, 1.54) is 30.4 Å². The van der Waals surface area contributed by atoms with E-state index in [9.17, 15) is 0 Å². The lowest BCUT2D eigenvalue weighted by Gasteiger charge is -2.32. The largest absolute Gasteiger partial charge is 0.327 e. The fourth-order valence-electron chi connectivity index (χ4n) is 2.48. The topological polar surface area (TPSA) is 26.0 Å². The summed E-state index contributed by atoms with van der Waals surface area (Å²) in [5, 5.41) is 0. The summed E-state index contributed by atoms with van der Waals surface area (Å²) in [5.74, 6) is 0. The van der Waals surface area contributed by atoms with E-state index in [-0.39, 0.29) is 0 Å². The quantitative estimate of drug-likeness (QED) is 0.714. The minimum Gasteiger partial charge on any atom is -0.327 e. The Morgan fingerprint density at radius 1 is 1.44 bits per heavy atom. The lowest BCUT2D eigenvalue weighted by Crippen LogP contribution is -2.19. The van der Waals surface area contributed by atoms with Crippen molar-refractivity contribution in [3.05, 3.63) is 34.9 Å². The van der Waals surface area contributed by atoms with Gasteiger partial charge in [0, 0.05) is 6.54 Å². The van der Waals surface area contributed by atoms with Crippen LogP contribution in [0.15, 0.2) is 34.9 Å². The molecule has 1 nitrogen and oxygen atoms in total. The lowest BCUT2D eigenvalue weighted by atomic mass is 9.72. The van der Waals surface area contributed by atoms with Crippen LogP contribution in [0.2, 0.25) is 0 Å². The van der Waals surface area contributed by atoms with Gasteiger partial charge in [-0.15, -0.1) is 0 Å². The Labute approximate surface area is 100 Å². The standard InChI is InChI=1S/C15H25N/c1-12(9-11-16)7-8-14-13(2)6-5-10-15(14,3)4/h7-9H,5-6,10-11,16H2,1-4H3. The number of allylic oxidation sites excluding steroid dienone is 5. The molecule has 1 aliphatic carbocycles. The fraction of sp³-hybridized carbons (Fsp3) is 0.600. The van der Waals surface area contributed by atoms with Crippen molar-refractivity contribution in [2.24, 2.45) is 11.1 Å². The maximum atomic E-state index is 5.50. The van der Waals surface area contributed by atoms with E-state index in [1.807, 2.05) is 0 Å². The Bertz CT molecular complexity index is 329. The van der Waals surface area contributed by atoms with Crippen molar-refractivity contribution >= 4 is 0 Å². The summed E-state index contributed by atoms with van der Waals surface area (Å²) in [6.45, 7) is 9.68. The fourth-order valence-corrected chi connectivity index (χ4v) is 2.48. The van der Waals surface area contributed by atoms with Crippen molar-refractivity contribution in [2.75, 3.05) is 6.54 Å². The Morgan fingerprint density at radius 3 is 2.69 bits per heavy atom. The molecule has 90 valence electrons. The van der Waals surface area contributed by atoms with Gasteiger partial charge in [0.15, 0.2) is 0 Å². The molecule has 2 N–H and O–H groups in total. The molecule has 0 radical (unpaired) electrons. The average molecular weight is 219 g/mol. The lowest BCUT2D eigenvalue weighted by molar-refractivity contribution is 0.377. The van der Waals surface area contributed by atoms with E-state index in [0.717, 1.165) is 0 Å². The minimum absolute atomic E-state index is 0.335. The average Bonchev–Trinajstić information content (AvgIpc) is 2.16. The highest BCUT2D eigenvalue weighted by atomic mass is 14.5. The van der Waals surface area contributed by atoms with Crippen LogP contribution in [0.4, 0.5) is 0 Å². The first-order chi connectivity index (χ1) is 7.47. The van der Waals surface area contributed by atoms with E-state index < -0.39 is 0 Å². The molecule has 0 heterocycles. The van der Waals surface area contributed by atoms with Crippen LogP contribution in [-0.4, -0.2) is 6.54 Å². The van der Waals surface area contributed by atoms with Crippen LogP contribution in [0.1, 0.15) is 47.0 Å². The summed E-state index contributed by atoms with van der Waals surface area (Å²) < 4.78 is 0. The third-order valence-corrected chi connectivity index (χ3v) is 3.50. The molecular weight excluding hydrogens is 194 g/mol. The highest BCUT2D eigenvalue weighted by Crippen LogP contribution is 2.40. The molecule has 0 aromatic carbocycles. The van der Waals surface area contributed by atoms with Crippen LogP contribution in [-0.2, 0) is 0 Å². The Balaban J connectivity index is 2.89. The first-order valence-electron chi connectivity index (χ1n) is 6.22. The van der Waals surface area contributed by atoms with Gasteiger partial charge in [-0.05, 0) is 44.1 Å². The predicted octanol–water partition coefficient (Wildman–Crippen LogP) is 3.97. The number of rotatable bonds is 3. The zero-order valence-corrected chi connectivity index (χ0v) is 11.1.